The van der Waals surface area contributed by atoms with E-state index in [1.165, 1.54) is 19.3 Å². The van der Waals surface area contributed by atoms with Crippen LogP contribution in [0.5, 0.6) is 0 Å². The van der Waals surface area contributed by atoms with Crippen LogP contribution < -0.4 is 5.73 Å². The molecular formula is C12H25NO. The Balaban J connectivity index is 2.36. The van der Waals surface area contributed by atoms with E-state index >= 15 is 0 Å². The minimum absolute atomic E-state index is 0.0298. The van der Waals surface area contributed by atoms with E-state index in [9.17, 15) is 0 Å². The molecule has 0 amide bonds. The number of methoxy groups -OCH3 is 1. The third kappa shape index (κ3) is 2.48. The fourth-order valence-corrected chi connectivity index (χ4v) is 2.51. The number of nitrogens with two attached hydrogens (primary N) is 1. The van der Waals surface area contributed by atoms with Crippen LogP contribution in [0.25, 0.3) is 0 Å². The first-order valence-corrected chi connectivity index (χ1v) is 5.95. The van der Waals surface area contributed by atoms with Crippen LogP contribution in [-0.2, 0) is 4.74 Å². The van der Waals surface area contributed by atoms with Crippen molar-refractivity contribution < 1.29 is 4.74 Å². The molecule has 2 atom stereocenters. The molecule has 0 aromatic rings. The lowest BCUT2D eigenvalue weighted by atomic mass is 9.72. The van der Waals surface area contributed by atoms with Crippen LogP contribution >= 0.6 is 0 Å². The maximum Gasteiger partial charge on any atom is 0.0829 e. The second-order valence-electron chi connectivity index (χ2n) is 4.86. The predicted octanol–water partition coefficient (Wildman–Crippen LogP) is 2.71. The lowest BCUT2D eigenvalue weighted by molar-refractivity contribution is -0.0938. The van der Waals surface area contributed by atoms with Crippen molar-refractivity contribution in [3.8, 4) is 0 Å². The highest BCUT2D eigenvalue weighted by Crippen LogP contribution is 2.39. The van der Waals surface area contributed by atoms with Gasteiger partial charge in [-0.25, -0.2) is 0 Å². The van der Waals surface area contributed by atoms with E-state index in [4.69, 9.17) is 10.5 Å². The molecule has 2 N–H and O–H groups in total. The molecule has 1 rings (SSSR count). The van der Waals surface area contributed by atoms with E-state index < -0.39 is 0 Å². The summed E-state index contributed by atoms with van der Waals surface area (Å²) >= 11 is 0. The SMILES string of the molecule is CCCC(C)CC(N)C1(OC)CCC1. The molecule has 0 bridgehead atoms. The smallest absolute Gasteiger partial charge is 0.0829 e. The lowest BCUT2D eigenvalue weighted by Gasteiger charge is -2.45. The highest BCUT2D eigenvalue weighted by atomic mass is 16.5. The predicted molar refractivity (Wildman–Crippen MR) is 60.3 cm³/mol. The van der Waals surface area contributed by atoms with Crippen LogP contribution in [0.1, 0.15) is 52.4 Å². The van der Waals surface area contributed by atoms with E-state index in [2.05, 4.69) is 13.8 Å². The van der Waals surface area contributed by atoms with Crippen molar-refractivity contribution in [3.05, 3.63) is 0 Å². The maximum atomic E-state index is 6.23. The molecule has 0 heterocycles. The molecule has 84 valence electrons. The number of hydrogen-bond acceptors (Lipinski definition) is 2. The summed E-state index contributed by atoms with van der Waals surface area (Å²) in [6.45, 7) is 4.53. The summed E-state index contributed by atoms with van der Waals surface area (Å²) in [6.07, 6.45) is 7.25. The normalized spacial score (nSPS) is 24.0. The van der Waals surface area contributed by atoms with Gasteiger partial charge in [0.2, 0.25) is 0 Å². The molecule has 2 unspecified atom stereocenters. The van der Waals surface area contributed by atoms with Crippen LogP contribution in [0.15, 0.2) is 0 Å². The van der Waals surface area contributed by atoms with Crippen LogP contribution in [0.2, 0.25) is 0 Å². The highest BCUT2D eigenvalue weighted by Gasteiger charge is 2.42. The van der Waals surface area contributed by atoms with Crippen molar-refractivity contribution in [2.24, 2.45) is 11.7 Å². The Morgan fingerprint density at radius 2 is 2.07 bits per heavy atom. The van der Waals surface area contributed by atoms with Gasteiger partial charge in [-0.3, -0.25) is 0 Å². The Morgan fingerprint density at radius 1 is 1.43 bits per heavy atom. The minimum atomic E-state index is 0.0298. The zero-order valence-corrected chi connectivity index (χ0v) is 9.88. The van der Waals surface area contributed by atoms with Gasteiger partial charge in [0.1, 0.15) is 0 Å². The summed E-state index contributed by atoms with van der Waals surface area (Å²) in [5.74, 6) is 0.739. The highest BCUT2D eigenvalue weighted by molar-refractivity contribution is 4.98. The second-order valence-corrected chi connectivity index (χ2v) is 4.86. The van der Waals surface area contributed by atoms with Crippen LogP contribution in [0.4, 0.5) is 0 Å². The molecule has 2 heteroatoms. The third-order valence-electron chi connectivity index (χ3n) is 3.72. The zero-order chi connectivity index (χ0) is 10.6. The van der Waals surface area contributed by atoms with Crippen LogP contribution in [-0.4, -0.2) is 18.8 Å². The molecule has 0 aliphatic heterocycles. The molecule has 1 saturated carbocycles. The molecule has 0 spiro atoms. The Labute approximate surface area is 88.2 Å². The van der Waals surface area contributed by atoms with Gasteiger partial charge in [0.25, 0.3) is 0 Å². The summed E-state index contributed by atoms with van der Waals surface area (Å²) in [6, 6.07) is 0.239. The average Bonchev–Trinajstić information content (AvgIpc) is 2.03. The van der Waals surface area contributed by atoms with Crippen molar-refractivity contribution in [1.82, 2.24) is 0 Å². The van der Waals surface area contributed by atoms with Gasteiger partial charge < -0.3 is 10.5 Å². The topological polar surface area (TPSA) is 35.2 Å². The van der Waals surface area contributed by atoms with Crippen molar-refractivity contribution in [2.45, 2.75) is 64.0 Å². The first-order valence-electron chi connectivity index (χ1n) is 5.95. The largest absolute Gasteiger partial charge is 0.377 e. The van der Waals surface area contributed by atoms with Gasteiger partial charge in [0, 0.05) is 13.2 Å². The number of hydrogen-bond donors (Lipinski definition) is 1. The second kappa shape index (κ2) is 5.13. The molecule has 2 nitrogen and oxygen atoms in total. The van der Waals surface area contributed by atoms with E-state index in [0.717, 1.165) is 25.2 Å². The van der Waals surface area contributed by atoms with Gasteiger partial charge >= 0.3 is 0 Å². The Bertz CT molecular complexity index is 160. The fraction of sp³-hybridized carbons (Fsp3) is 1.00. The van der Waals surface area contributed by atoms with Gasteiger partial charge in [0.05, 0.1) is 5.60 Å². The Hall–Kier alpha value is -0.0800. The van der Waals surface area contributed by atoms with E-state index in [1.54, 1.807) is 0 Å². The molecule has 1 aliphatic rings. The zero-order valence-electron chi connectivity index (χ0n) is 9.88. The van der Waals surface area contributed by atoms with Gasteiger partial charge in [-0.1, -0.05) is 26.7 Å². The van der Waals surface area contributed by atoms with Crippen molar-refractivity contribution in [1.29, 1.82) is 0 Å². The van der Waals surface area contributed by atoms with Crippen LogP contribution in [0.3, 0.4) is 0 Å². The standard InChI is InChI=1S/C12H25NO/c1-4-6-10(2)9-11(13)12(14-3)7-5-8-12/h10-11H,4-9,13H2,1-3H3. The molecule has 14 heavy (non-hydrogen) atoms. The molecule has 0 radical (unpaired) electrons. The van der Waals surface area contributed by atoms with Crippen molar-refractivity contribution in [2.75, 3.05) is 7.11 Å². The monoisotopic (exact) mass is 199 g/mol. The summed E-state index contributed by atoms with van der Waals surface area (Å²) < 4.78 is 5.59. The Kier molecular flexibility index (Phi) is 4.39. The first-order chi connectivity index (χ1) is 6.64. The molecule has 0 saturated heterocycles. The van der Waals surface area contributed by atoms with Gasteiger partial charge in [-0.05, 0) is 31.6 Å². The summed E-state index contributed by atoms with van der Waals surface area (Å²) in [7, 11) is 1.81. The van der Waals surface area contributed by atoms with Crippen molar-refractivity contribution in [3.63, 3.8) is 0 Å². The average molecular weight is 199 g/mol. The number of rotatable bonds is 6. The number of ether oxygens (including phenoxy) is 1. The molecular weight excluding hydrogens is 174 g/mol. The quantitative estimate of drug-likeness (QED) is 0.714. The molecule has 0 aromatic heterocycles. The summed E-state index contributed by atoms with van der Waals surface area (Å²) in [5.41, 5.74) is 6.26. The molecule has 1 aliphatic carbocycles. The van der Waals surface area contributed by atoms with Gasteiger partial charge in [0.15, 0.2) is 0 Å². The molecule has 1 fully saturated rings. The summed E-state index contributed by atoms with van der Waals surface area (Å²) in [5, 5.41) is 0. The third-order valence-corrected chi connectivity index (χ3v) is 3.72. The summed E-state index contributed by atoms with van der Waals surface area (Å²) in [4.78, 5) is 0. The van der Waals surface area contributed by atoms with Gasteiger partial charge in [-0.15, -0.1) is 0 Å². The Morgan fingerprint density at radius 3 is 2.43 bits per heavy atom. The van der Waals surface area contributed by atoms with E-state index in [-0.39, 0.29) is 11.6 Å². The van der Waals surface area contributed by atoms with Gasteiger partial charge in [-0.2, -0.15) is 0 Å². The maximum absolute atomic E-state index is 6.23. The molecule has 0 aromatic carbocycles. The van der Waals surface area contributed by atoms with E-state index in [1.807, 2.05) is 7.11 Å². The van der Waals surface area contributed by atoms with E-state index in [0.29, 0.717) is 0 Å². The fourth-order valence-electron chi connectivity index (χ4n) is 2.51. The van der Waals surface area contributed by atoms with Crippen LogP contribution in [0, 0.1) is 5.92 Å². The first kappa shape index (κ1) is 12.0. The van der Waals surface area contributed by atoms with Crippen molar-refractivity contribution >= 4 is 0 Å². The lowest BCUT2D eigenvalue weighted by Crippen LogP contribution is -2.54. The minimum Gasteiger partial charge on any atom is -0.377 e.